The van der Waals surface area contributed by atoms with E-state index in [0.717, 1.165) is 30.7 Å². The summed E-state index contributed by atoms with van der Waals surface area (Å²) < 4.78 is 6.70. The smallest absolute Gasteiger partial charge is 0.0511 e. The molecule has 112 valence electrons. The van der Waals surface area contributed by atoms with Gasteiger partial charge in [-0.2, -0.15) is 0 Å². The molecule has 2 atom stereocenters. The molecule has 1 aliphatic heterocycles. The highest BCUT2D eigenvalue weighted by molar-refractivity contribution is 9.10. The Balaban J connectivity index is 2.09. The van der Waals surface area contributed by atoms with E-state index in [-0.39, 0.29) is 6.04 Å². The van der Waals surface area contributed by atoms with Crippen LogP contribution in [0.15, 0.2) is 22.7 Å². The molecular weight excluding hydrogens is 316 g/mol. The number of anilines is 1. The molecule has 0 aromatic heterocycles. The van der Waals surface area contributed by atoms with Gasteiger partial charge in [0, 0.05) is 36.4 Å². The number of halogens is 1. The summed E-state index contributed by atoms with van der Waals surface area (Å²) in [6, 6.07) is 6.65. The third-order valence-electron chi connectivity index (χ3n) is 3.78. The number of nitrogens with zero attached hydrogens (tertiary/aromatic N) is 1. The molecule has 0 spiro atoms. The fourth-order valence-corrected chi connectivity index (χ4v) is 3.28. The molecule has 3 nitrogen and oxygen atoms in total. The van der Waals surface area contributed by atoms with Gasteiger partial charge in [0.25, 0.3) is 0 Å². The van der Waals surface area contributed by atoms with Gasteiger partial charge in [0.15, 0.2) is 0 Å². The van der Waals surface area contributed by atoms with Gasteiger partial charge in [-0.25, -0.2) is 0 Å². The van der Waals surface area contributed by atoms with Crippen LogP contribution in [0.2, 0.25) is 0 Å². The van der Waals surface area contributed by atoms with Crippen LogP contribution in [0.25, 0.3) is 0 Å². The Hall–Kier alpha value is -0.580. The maximum atomic E-state index is 5.97. The molecule has 20 heavy (non-hydrogen) atoms. The molecule has 1 aromatic carbocycles. The summed E-state index contributed by atoms with van der Waals surface area (Å²) in [4.78, 5) is 2.35. The van der Waals surface area contributed by atoms with Crippen LogP contribution >= 0.6 is 15.9 Å². The lowest BCUT2D eigenvalue weighted by atomic mass is 10.00. The van der Waals surface area contributed by atoms with E-state index in [2.05, 4.69) is 53.0 Å². The summed E-state index contributed by atoms with van der Waals surface area (Å²) in [5.41, 5.74) is 8.58. The van der Waals surface area contributed by atoms with Gasteiger partial charge in [0.2, 0.25) is 0 Å². The number of ether oxygens (including phenoxy) is 1. The molecule has 0 amide bonds. The standard InChI is InChI=1S/C16H25BrN2O/c1-12(18)8-14-9-15(17)5-6-16(14)19(2)10-13-4-3-7-20-11-13/h5-6,9,12-13H,3-4,7-8,10-11,18H2,1-2H3. The van der Waals surface area contributed by atoms with Crippen molar-refractivity contribution in [3.05, 3.63) is 28.2 Å². The number of hydrogen-bond acceptors (Lipinski definition) is 3. The van der Waals surface area contributed by atoms with Crippen molar-refractivity contribution in [1.82, 2.24) is 0 Å². The van der Waals surface area contributed by atoms with Crippen molar-refractivity contribution in [2.24, 2.45) is 11.7 Å². The Morgan fingerprint density at radius 2 is 2.30 bits per heavy atom. The van der Waals surface area contributed by atoms with Crippen molar-refractivity contribution in [1.29, 1.82) is 0 Å². The molecule has 4 heteroatoms. The van der Waals surface area contributed by atoms with Crippen molar-refractivity contribution in [2.45, 2.75) is 32.2 Å². The second-order valence-corrected chi connectivity index (χ2v) is 6.83. The zero-order valence-electron chi connectivity index (χ0n) is 12.4. The van der Waals surface area contributed by atoms with E-state index >= 15 is 0 Å². The SMILES string of the molecule is CC(N)Cc1cc(Br)ccc1N(C)CC1CCCOC1. The Labute approximate surface area is 130 Å². The van der Waals surface area contributed by atoms with Gasteiger partial charge < -0.3 is 15.4 Å². The Morgan fingerprint density at radius 1 is 1.50 bits per heavy atom. The monoisotopic (exact) mass is 340 g/mol. The van der Waals surface area contributed by atoms with Crippen molar-refractivity contribution in [2.75, 3.05) is 31.7 Å². The first-order chi connectivity index (χ1) is 9.56. The Bertz CT molecular complexity index is 430. The summed E-state index contributed by atoms with van der Waals surface area (Å²) in [5.74, 6) is 0.639. The van der Waals surface area contributed by atoms with Gasteiger partial charge in [-0.1, -0.05) is 15.9 Å². The Morgan fingerprint density at radius 3 is 2.95 bits per heavy atom. The lowest BCUT2D eigenvalue weighted by molar-refractivity contribution is 0.0576. The molecule has 0 saturated carbocycles. The van der Waals surface area contributed by atoms with E-state index < -0.39 is 0 Å². The largest absolute Gasteiger partial charge is 0.381 e. The van der Waals surface area contributed by atoms with Crippen LogP contribution in [0.5, 0.6) is 0 Å². The molecule has 0 bridgehead atoms. The van der Waals surface area contributed by atoms with Crippen LogP contribution in [0.3, 0.4) is 0 Å². The van der Waals surface area contributed by atoms with Gasteiger partial charge in [0.05, 0.1) is 6.61 Å². The lowest BCUT2D eigenvalue weighted by Crippen LogP contribution is -2.31. The Kier molecular flexibility index (Phi) is 5.87. The summed E-state index contributed by atoms with van der Waals surface area (Å²) in [5, 5.41) is 0. The van der Waals surface area contributed by atoms with Crippen LogP contribution in [0.4, 0.5) is 5.69 Å². The normalized spacial score (nSPS) is 20.7. The predicted molar refractivity (Wildman–Crippen MR) is 88.3 cm³/mol. The molecule has 1 aromatic rings. The van der Waals surface area contributed by atoms with Crippen molar-refractivity contribution in [3.8, 4) is 0 Å². The quantitative estimate of drug-likeness (QED) is 0.894. The van der Waals surface area contributed by atoms with Crippen molar-refractivity contribution in [3.63, 3.8) is 0 Å². The highest BCUT2D eigenvalue weighted by Gasteiger charge is 2.18. The van der Waals surface area contributed by atoms with Gasteiger partial charge >= 0.3 is 0 Å². The maximum absolute atomic E-state index is 5.97. The molecule has 0 radical (unpaired) electrons. The highest BCUT2D eigenvalue weighted by atomic mass is 79.9. The molecule has 0 aliphatic carbocycles. The molecule has 1 saturated heterocycles. The number of hydrogen-bond donors (Lipinski definition) is 1. The summed E-state index contributed by atoms with van der Waals surface area (Å²) >= 11 is 3.55. The minimum Gasteiger partial charge on any atom is -0.381 e. The van der Waals surface area contributed by atoms with Gasteiger partial charge in [-0.3, -0.25) is 0 Å². The summed E-state index contributed by atoms with van der Waals surface area (Å²) in [6.45, 7) is 4.92. The molecule has 1 fully saturated rings. The average Bonchev–Trinajstić information content (AvgIpc) is 2.39. The molecular formula is C16H25BrN2O. The van der Waals surface area contributed by atoms with Crippen LogP contribution in [-0.2, 0) is 11.2 Å². The van der Waals surface area contributed by atoms with Crippen molar-refractivity contribution < 1.29 is 4.74 Å². The molecule has 2 unspecified atom stereocenters. The topological polar surface area (TPSA) is 38.5 Å². The van der Waals surface area contributed by atoms with Crippen molar-refractivity contribution >= 4 is 21.6 Å². The predicted octanol–water partition coefficient (Wildman–Crippen LogP) is 3.20. The first kappa shape index (κ1) is 15.8. The van der Waals surface area contributed by atoms with Crippen LogP contribution in [0.1, 0.15) is 25.3 Å². The first-order valence-corrected chi connectivity index (χ1v) is 8.18. The van der Waals surface area contributed by atoms with E-state index in [1.807, 2.05) is 0 Å². The van der Waals surface area contributed by atoms with Gasteiger partial charge in [0.1, 0.15) is 0 Å². The summed E-state index contributed by atoms with van der Waals surface area (Å²) in [6.07, 6.45) is 3.36. The molecule has 1 aliphatic rings. The zero-order valence-corrected chi connectivity index (χ0v) is 14.0. The number of rotatable bonds is 5. The number of benzene rings is 1. The van der Waals surface area contributed by atoms with Crippen LogP contribution in [-0.4, -0.2) is 32.8 Å². The lowest BCUT2D eigenvalue weighted by Gasteiger charge is -2.30. The second-order valence-electron chi connectivity index (χ2n) is 5.92. The minimum atomic E-state index is 0.175. The van der Waals surface area contributed by atoms with Crippen LogP contribution < -0.4 is 10.6 Å². The van der Waals surface area contributed by atoms with Gasteiger partial charge in [-0.05, 0) is 55.9 Å². The van der Waals surface area contributed by atoms with E-state index in [9.17, 15) is 0 Å². The molecule has 1 heterocycles. The van der Waals surface area contributed by atoms with E-state index in [4.69, 9.17) is 10.5 Å². The summed E-state index contributed by atoms with van der Waals surface area (Å²) in [7, 11) is 2.17. The number of nitrogens with two attached hydrogens (primary N) is 1. The van der Waals surface area contributed by atoms with Gasteiger partial charge in [-0.15, -0.1) is 0 Å². The third-order valence-corrected chi connectivity index (χ3v) is 4.27. The maximum Gasteiger partial charge on any atom is 0.0511 e. The van der Waals surface area contributed by atoms with E-state index in [1.165, 1.54) is 24.1 Å². The minimum absolute atomic E-state index is 0.175. The molecule has 2 rings (SSSR count). The highest BCUT2D eigenvalue weighted by Crippen LogP contribution is 2.26. The third kappa shape index (κ3) is 4.47. The van der Waals surface area contributed by atoms with E-state index in [1.54, 1.807) is 0 Å². The van der Waals surface area contributed by atoms with Crippen LogP contribution in [0, 0.1) is 5.92 Å². The average molecular weight is 341 g/mol. The fourth-order valence-electron chi connectivity index (χ4n) is 2.87. The fraction of sp³-hybridized carbons (Fsp3) is 0.625. The zero-order chi connectivity index (χ0) is 14.5. The molecule has 2 N–H and O–H groups in total. The van der Waals surface area contributed by atoms with E-state index in [0.29, 0.717) is 5.92 Å². The second kappa shape index (κ2) is 7.43. The first-order valence-electron chi connectivity index (χ1n) is 7.39.